The van der Waals surface area contributed by atoms with Gasteiger partial charge in [0.15, 0.2) is 5.82 Å². The highest BCUT2D eigenvalue weighted by atomic mass is 19.4. The number of hydrogen-bond acceptors (Lipinski definition) is 3. The molecule has 1 amide bonds. The van der Waals surface area contributed by atoms with Crippen molar-refractivity contribution in [3.8, 4) is 0 Å². The Hall–Kier alpha value is -1.73. The van der Waals surface area contributed by atoms with Crippen LogP contribution < -0.4 is 11.1 Å². The van der Waals surface area contributed by atoms with E-state index < -0.39 is 18.6 Å². The Labute approximate surface area is 94.8 Å². The van der Waals surface area contributed by atoms with E-state index in [2.05, 4.69) is 10.4 Å². The molecule has 0 atom stereocenters. The normalized spacial score (nSPS) is 15.9. The van der Waals surface area contributed by atoms with Crippen LogP contribution in [-0.4, -0.2) is 27.9 Å². The van der Waals surface area contributed by atoms with E-state index in [4.69, 9.17) is 5.73 Å². The van der Waals surface area contributed by atoms with Crippen LogP contribution in [0.4, 0.5) is 19.0 Å². The van der Waals surface area contributed by atoms with Crippen molar-refractivity contribution in [2.75, 3.05) is 5.73 Å². The molecule has 8 heteroatoms. The van der Waals surface area contributed by atoms with E-state index in [9.17, 15) is 18.0 Å². The monoisotopic (exact) mass is 248 g/mol. The summed E-state index contributed by atoms with van der Waals surface area (Å²) in [6.45, 7) is -1.26. The molecule has 1 saturated carbocycles. The molecule has 0 aliphatic heterocycles. The third kappa shape index (κ3) is 3.11. The molecule has 1 aliphatic carbocycles. The van der Waals surface area contributed by atoms with Crippen molar-refractivity contribution in [1.82, 2.24) is 15.1 Å². The molecule has 0 spiro atoms. The van der Waals surface area contributed by atoms with E-state index in [1.807, 2.05) is 0 Å². The van der Waals surface area contributed by atoms with Crippen LogP contribution >= 0.6 is 0 Å². The van der Waals surface area contributed by atoms with Gasteiger partial charge >= 0.3 is 6.18 Å². The van der Waals surface area contributed by atoms with Gasteiger partial charge in [0, 0.05) is 12.2 Å². The van der Waals surface area contributed by atoms with E-state index in [-0.39, 0.29) is 17.4 Å². The van der Waals surface area contributed by atoms with Crippen molar-refractivity contribution in [2.45, 2.75) is 31.6 Å². The maximum Gasteiger partial charge on any atom is 0.408 e. The van der Waals surface area contributed by atoms with Crippen molar-refractivity contribution in [3.63, 3.8) is 0 Å². The number of rotatable bonds is 3. The lowest BCUT2D eigenvalue weighted by Gasteiger charge is -2.04. The lowest BCUT2D eigenvalue weighted by molar-refractivity contribution is -0.142. The second-order valence-electron chi connectivity index (χ2n) is 3.99. The van der Waals surface area contributed by atoms with Crippen molar-refractivity contribution in [2.24, 2.45) is 0 Å². The first-order chi connectivity index (χ1) is 7.85. The van der Waals surface area contributed by atoms with E-state index in [0.29, 0.717) is 4.68 Å². The fourth-order valence-corrected chi connectivity index (χ4v) is 1.37. The molecule has 1 aliphatic rings. The summed E-state index contributed by atoms with van der Waals surface area (Å²) < 4.78 is 36.9. The Morgan fingerprint density at radius 2 is 2.24 bits per heavy atom. The van der Waals surface area contributed by atoms with Crippen molar-refractivity contribution < 1.29 is 18.0 Å². The van der Waals surface area contributed by atoms with E-state index in [0.717, 1.165) is 19.0 Å². The Bertz CT molecular complexity index is 436. The average molecular weight is 248 g/mol. The molecule has 94 valence electrons. The van der Waals surface area contributed by atoms with Gasteiger partial charge in [-0.3, -0.25) is 9.48 Å². The lowest BCUT2D eigenvalue weighted by atomic mass is 10.3. The largest absolute Gasteiger partial charge is 0.408 e. The quantitative estimate of drug-likeness (QED) is 0.835. The number of carbonyl (C=O) groups is 1. The maximum absolute atomic E-state index is 12.1. The number of nitrogens with two attached hydrogens (primary N) is 1. The fraction of sp³-hybridized carbons (Fsp3) is 0.556. The molecular formula is C9H11F3N4O. The molecule has 0 saturated heterocycles. The summed E-state index contributed by atoms with van der Waals surface area (Å²) in [5, 5.41) is 6.09. The molecule has 1 aromatic rings. The summed E-state index contributed by atoms with van der Waals surface area (Å²) in [6, 6.07) is 0.118. The van der Waals surface area contributed by atoms with Gasteiger partial charge in [-0.2, -0.15) is 18.3 Å². The van der Waals surface area contributed by atoms with Crippen LogP contribution in [0.1, 0.15) is 23.2 Å². The molecule has 0 unspecified atom stereocenters. The smallest absolute Gasteiger partial charge is 0.382 e. The SMILES string of the molecule is Nc1nn(CC(F)(F)F)cc1C(=O)NC1CC1. The first kappa shape index (κ1) is 11.7. The van der Waals surface area contributed by atoms with Gasteiger partial charge in [0.05, 0.1) is 0 Å². The van der Waals surface area contributed by atoms with Crippen LogP contribution in [0.5, 0.6) is 0 Å². The zero-order chi connectivity index (χ0) is 12.6. The summed E-state index contributed by atoms with van der Waals surface area (Å²) in [4.78, 5) is 11.6. The maximum atomic E-state index is 12.1. The number of alkyl halides is 3. The molecule has 0 radical (unpaired) electrons. The van der Waals surface area contributed by atoms with Crippen LogP contribution in [0.3, 0.4) is 0 Å². The molecule has 0 bridgehead atoms. The molecule has 1 aromatic heterocycles. The number of halogens is 3. The molecule has 2 rings (SSSR count). The molecule has 5 nitrogen and oxygen atoms in total. The second-order valence-corrected chi connectivity index (χ2v) is 3.99. The number of aromatic nitrogens is 2. The van der Waals surface area contributed by atoms with E-state index in [1.54, 1.807) is 0 Å². The highest BCUT2D eigenvalue weighted by molar-refractivity contribution is 5.98. The third-order valence-electron chi connectivity index (χ3n) is 2.29. The summed E-state index contributed by atoms with van der Waals surface area (Å²) in [5.74, 6) is -0.661. The third-order valence-corrected chi connectivity index (χ3v) is 2.29. The van der Waals surface area contributed by atoms with Crippen LogP contribution in [0.2, 0.25) is 0 Å². The molecule has 3 N–H and O–H groups in total. The van der Waals surface area contributed by atoms with Gasteiger partial charge in [0.25, 0.3) is 5.91 Å². The van der Waals surface area contributed by atoms with Crippen LogP contribution in [0, 0.1) is 0 Å². The number of nitrogens with zero attached hydrogens (tertiary/aromatic N) is 2. The fourth-order valence-electron chi connectivity index (χ4n) is 1.37. The highest BCUT2D eigenvalue weighted by Crippen LogP contribution is 2.21. The number of nitrogens with one attached hydrogen (secondary N) is 1. The number of anilines is 1. The molecular weight excluding hydrogens is 237 g/mol. The van der Waals surface area contributed by atoms with E-state index in [1.165, 1.54) is 0 Å². The van der Waals surface area contributed by atoms with Gasteiger partial charge in [-0.1, -0.05) is 0 Å². The summed E-state index contributed by atoms with van der Waals surface area (Å²) in [6.07, 6.45) is -1.59. The van der Waals surface area contributed by atoms with Crippen LogP contribution in [0.15, 0.2) is 6.20 Å². The second kappa shape index (κ2) is 3.94. The summed E-state index contributed by atoms with van der Waals surface area (Å²) in [5.41, 5.74) is 5.38. The van der Waals surface area contributed by atoms with Crippen LogP contribution in [0.25, 0.3) is 0 Å². The van der Waals surface area contributed by atoms with Gasteiger partial charge in [-0.15, -0.1) is 0 Å². The van der Waals surface area contributed by atoms with Crippen molar-refractivity contribution in [1.29, 1.82) is 0 Å². The van der Waals surface area contributed by atoms with Gasteiger partial charge in [-0.05, 0) is 12.8 Å². The number of amides is 1. The van der Waals surface area contributed by atoms with Gasteiger partial charge in [0.2, 0.25) is 0 Å². The zero-order valence-corrected chi connectivity index (χ0v) is 8.79. The van der Waals surface area contributed by atoms with Gasteiger partial charge in [-0.25, -0.2) is 0 Å². The standard InChI is InChI=1S/C9H11F3N4O/c10-9(11,12)4-16-3-6(7(13)15-16)8(17)14-5-1-2-5/h3,5H,1-2,4H2,(H2,13,15)(H,14,17). The number of carbonyl (C=O) groups excluding carboxylic acids is 1. The van der Waals surface area contributed by atoms with Crippen molar-refractivity contribution >= 4 is 11.7 Å². The zero-order valence-electron chi connectivity index (χ0n) is 8.79. The van der Waals surface area contributed by atoms with Gasteiger partial charge in [0.1, 0.15) is 12.1 Å². The Balaban J connectivity index is 2.09. The number of nitrogen functional groups attached to an aromatic ring is 1. The highest BCUT2D eigenvalue weighted by Gasteiger charge is 2.30. The Morgan fingerprint density at radius 3 is 2.76 bits per heavy atom. The average Bonchev–Trinajstić information content (AvgIpc) is 2.88. The topological polar surface area (TPSA) is 72.9 Å². The van der Waals surface area contributed by atoms with Crippen molar-refractivity contribution in [3.05, 3.63) is 11.8 Å². The first-order valence-corrected chi connectivity index (χ1v) is 5.06. The van der Waals surface area contributed by atoms with Crippen LogP contribution in [-0.2, 0) is 6.54 Å². The number of hydrogen-bond donors (Lipinski definition) is 2. The first-order valence-electron chi connectivity index (χ1n) is 5.06. The minimum atomic E-state index is -4.39. The molecule has 1 fully saturated rings. The summed E-state index contributed by atoms with van der Waals surface area (Å²) in [7, 11) is 0. The van der Waals surface area contributed by atoms with Gasteiger partial charge < -0.3 is 11.1 Å². The minimum Gasteiger partial charge on any atom is -0.382 e. The minimum absolute atomic E-state index is 0.0128. The molecule has 0 aromatic carbocycles. The van der Waals surface area contributed by atoms with E-state index >= 15 is 0 Å². The predicted molar refractivity (Wildman–Crippen MR) is 53.2 cm³/mol. The Kier molecular flexibility index (Phi) is 2.72. The summed E-state index contributed by atoms with van der Waals surface area (Å²) >= 11 is 0. The molecule has 17 heavy (non-hydrogen) atoms. The lowest BCUT2D eigenvalue weighted by Crippen LogP contribution is -2.25. The predicted octanol–water partition coefficient (Wildman–Crippen LogP) is 0.920. The Morgan fingerprint density at radius 1 is 1.59 bits per heavy atom. The molecule has 1 heterocycles.